The molecule has 0 bridgehead atoms. The van der Waals surface area contributed by atoms with Crippen molar-refractivity contribution in [2.24, 2.45) is 39.9 Å². The Labute approximate surface area is 319 Å². The highest BCUT2D eigenvalue weighted by molar-refractivity contribution is 5.92. The van der Waals surface area contributed by atoms with Gasteiger partial charge in [0.25, 0.3) is 0 Å². The lowest BCUT2D eigenvalue weighted by Crippen LogP contribution is -2.76. The zero-order valence-corrected chi connectivity index (χ0v) is 32.8. The fraction of sp³-hybridized carbons (Fsp3) is 0.837. The summed E-state index contributed by atoms with van der Waals surface area (Å²) in [6, 6.07) is 2.49. The van der Waals surface area contributed by atoms with Gasteiger partial charge in [0.05, 0.1) is 30.3 Å². The lowest BCUT2D eigenvalue weighted by Gasteiger charge is -2.66. The number of fused-ring (bicyclic) bond motifs is 1. The van der Waals surface area contributed by atoms with Crippen LogP contribution in [-0.2, 0) is 39.8 Å². The molecular weight excluding hydrogens is 688 g/mol. The Hall–Kier alpha value is -2.31. The first-order valence-electron chi connectivity index (χ1n) is 21.3. The van der Waals surface area contributed by atoms with Gasteiger partial charge in [0.2, 0.25) is 0 Å². The number of aryl methyl sites for hydroxylation is 1. The lowest BCUT2D eigenvalue weighted by atomic mass is 9.36. The van der Waals surface area contributed by atoms with Gasteiger partial charge in [0.1, 0.15) is 30.2 Å². The molecule has 1 aromatic rings. The van der Waals surface area contributed by atoms with Crippen molar-refractivity contribution < 1.29 is 42.9 Å². The second-order valence-corrected chi connectivity index (χ2v) is 19.3. The van der Waals surface area contributed by atoms with Crippen LogP contribution in [0.4, 0.5) is 0 Å². The van der Waals surface area contributed by atoms with Crippen molar-refractivity contribution in [3.8, 4) is 0 Å². The van der Waals surface area contributed by atoms with Crippen LogP contribution < -0.4 is 10.6 Å². The van der Waals surface area contributed by atoms with Gasteiger partial charge in [-0.3, -0.25) is 9.59 Å². The number of rotatable bonds is 12. The molecule has 8 fully saturated rings. The van der Waals surface area contributed by atoms with Gasteiger partial charge in [-0.15, -0.1) is 0 Å². The molecule has 0 amide bonds. The van der Waals surface area contributed by atoms with Crippen LogP contribution in [0.5, 0.6) is 0 Å². The summed E-state index contributed by atoms with van der Waals surface area (Å²) in [4.78, 5) is 42.0. The smallest absolute Gasteiger partial charge is 0.339 e. The highest BCUT2D eigenvalue weighted by Crippen LogP contribution is 2.80. The van der Waals surface area contributed by atoms with E-state index in [1.54, 1.807) is 6.26 Å². The van der Waals surface area contributed by atoms with Crippen LogP contribution in [0.25, 0.3) is 0 Å². The lowest BCUT2D eigenvalue weighted by molar-refractivity contribution is -0.252. The summed E-state index contributed by atoms with van der Waals surface area (Å²) in [5.74, 6) is 0.0392. The third-order valence-corrected chi connectivity index (χ3v) is 16.7. The molecule has 0 radical (unpaired) electrons. The van der Waals surface area contributed by atoms with Crippen molar-refractivity contribution in [1.29, 1.82) is 0 Å². The number of hydrogen-bond donors (Lipinski definition) is 3. The second-order valence-electron chi connectivity index (χ2n) is 19.3. The van der Waals surface area contributed by atoms with E-state index < -0.39 is 63.8 Å². The largest absolute Gasteiger partial charge is 0.469 e. The molecule has 5 aliphatic heterocycles. The quantitative estimate of drug-likeness (QED) is 0.137. The number of ether oxygens (including phenoxy) is 4. The zero-order valence-electron chi connectivity index (χ0n) is 32.8. The zero-order chi connectivity index (χ0) is 37.7. The molecule has 3 aliphatic carbocycles. The number of aliphatic hydroxyl groups excluding tert-OH is 1. The molecule has 0 aromatic carbocycles. The SMILES string of the molecule is C[C@@H](CC[C@]1(C)O[C@H]2CC(=O)OC[C@]23[C@H]2CC[C@@]4(C)[C@H](c5ccoc5CCCCCC[C@@H]5CNCN5)OC(=O)[C@H]5O[C@]54[C@]2(C)[C@H](O)C(=O)[C@@H]31)C1CCCC1. The number of unbranched alkanes of at least 4 members (excludes halogenated alkanes) is 3. The molecule has 11 heteroatoms. The van der Waals surface area contributed by atoms with E-state index in [1.165, 1.54) is 38.5 Å². The van der Waals surface area contributed by atoms with E-state index >= 15 is 4.79 Å². The molecule has 0 unspecified atom stereocenters. The van der Waals surface area contributed by atoms with E-state index in [0.29, 0.717) is 37.1 Å². The standard InChI is InChI=1S/C43H62N2O9/c1-25(26-11-9-10-12-26)15-19-40(3)34-33(47)35(48)41(4)30(42(34)23-51-32(46)21-31(42)53-40)16-18-39(2)36(52-38(49)37-43(39,41)54-37)28-17-20-50-29(28)14-8-6-5-7-13-27-22-44-24-45-27/h17,20,25-27,30-31,34-37,44-45,48H,5-16,18-19,21-24H2,1-4H3/t25-,27+,30-,31-,34+,35+,36-,37+,39-,40-,41-,42-,43+/m0/s1. The third kappa shape index (κ3) is 5.19. The minimum Gasteiger partial charge on any atom is -0.469 e. The van der Waals surface area contributed by atoms with Gasteiger partial charge in [-0.2, -0.15) is 0 Å². The normalized spacial score (nSPS) is 45.9. The van der Waals surface area contributed by atoms with Gasteiger partial charge in [-0.05, 0) is 69.3 Å². The summed E-state index contributed by atoms with van der Waals surface area (Å²) >= 11 is 0. The van der Waals surface area contributed by atoms with Crippen LogP contribution in [0.3, 0.4) is 0 Å². The number of nitrogens with one attached hydrogen (secondary N) is 2. The molecule has 8 aliphatic rings. The molecule has 13 atom stereocenters. The number of furan rings is 1. The van der Waals surface area contributed by atoms with Crippen LogP contribution >= 0.6 is 0 Å². The minimum absolute atomic E-state index is 0.0684. The summed E-state index contributed by atoms with van der Waals surface area (Å²) in [5.41, 5.74) is -3.89. The van der Waals surface area contributed by atoms with Crippen molar-refractivity contribution in [1.82, 2.24) is 10.6 Å². The maximum Gasteiger partial charge on any atom is 0.339 e. The number of Topliss-reactive ketones (excluding diaryl/α,β-unsaturated/α-hetero) is 1. The van der Waals surface area contributed by atoms with E-state index in [9.17, 15) is 14.7 Å². The average Bonchev–Trinajstić information content (AvgIpc) is 3.66. The van der Waals surface area contributed by atoms with Crippen LogP contribution in [0, 0.1) is 39.9 Å². The monoisotopic (exact) mass is 750 g/mol. The predicted octanol–water partition coefficient (Wildman–Crippen LogP) is 5.71. The Balaban J connectivity index is 0.999. The second kappa shape index (κ2) is 13.4. The maximum atomic E-state index is 15.1. The Morgan fingerprint density at radius 2 is 1.80 bits per heavy atom. The fourth-order valence-electron chi connectivity index (χ4n) is 13.9. The van der Waals surface area contributed by atoms with Gasteiger partial charge in [-0.25, -0.2) is 4.79 Å². The topological polar surface area (TPSA) is 149 Å². The van der Waals surface area contributed by atoms with Crippen molar-refractivity contribution in [2.45, 2.75) is 166 Å². The molecule has 5 saturated heterocycles. The number of carbonyl (C=O) groups is 3. The third-order valence-electron chi connectivity index (χ3n) is 16.7. The summed E-state index contributed by atoms with van der Waals surface area (Å²) in [6.45, 7) is 10.4. The van der Waals surface area contributed by atoms with Gasteiger partial charge in [0.15, 0.2) is 11.9 Å². The fourth-order valence-corrected chi connectivity index (χ4v) is 13.9. The predicted molar refractivity (Wildman–Crippen MR) is 197 cm³/mol. The molecule has 3 saturated carbocycles. The number of carbonyl (C=O) groups excluding carboxylic acids is 3. The summed E-state index contributed by atoms with van der Waals surface area (Å²) in [7, 11) is 0. The van der Waals surface area contributed by atoms with E-state index in [0.717, 1.165) is 56.6 Å². The molecule has 9 rings (SSSR count). The number of aliphatic hydroxyl groups is 1. The molecule has 3 N–H and O–H groups in total. The maximum absolute atomic E-state index is 15.1. The Bertz CT molecular complexity index is 1640. The molecule has 298 valence electrons. The van der Waals surface area contributed by atoms with E-state index in [2.05, 4.69) is 24.5 Å². The summed E-state index contributed by atoms with van der Waals surface area (Å²) in [6.07, 6.45) is 12.5. The number of esters is 2. The number of ketones is 1. The first-order valence-corrected chi connectivity index (χ1v) is 21.3. The molecule has 2 spiro atoms. The number of hydrogen-bond acceptors (Lipinski definition) is 11. The van der Waals surface area contributed by atoms with Gasteiger partial charge >= 0.3 is 11.9 Å². The molecule has 1 aromatic heterocycles. The Morgan fingerprint density at radius 1 is 1.00 bits per heavy atom. The van der Waals surface area contributed by atoms with E-state index in [1.807, 2.05) is 19.9 Å². The highest BCUT2D eigenvalue weighted by Gasteiger charge is 2.91. The van der Waals surface area contributed by atoms with E-state index in [-0.39, 0.29) is 30.7 Å². The molecular formula is C43H62N2O9. The Morgan fingerprint density at radius 3 is 2.57 bits per heavy atom. The Kier molecular flexibility index (Phi) is 9.24. The minimum atomic E-state index is -1.39. The van der Waals surface area contributed by atoms with Crippen LogP contribution in [0.2, 0.25) is 0 Å². The van der Waals surface area contributed by atoms with E-state index in [4.69, 9.17) is 23.4 Å². The number of epoxide rings is 1. The van der Waals surface area contributed by atoms with Gasteiger partial charge < -0.3 is 39.1 Å². The van der Waals surface area contributed by atoms with Crippen molar-refractivity contribution >= 4 is 17.7 Å². The average molecular weight is 751 g/mol. The first-order chi connectivity index (χ1) is 25.9. The van der Waals surface area contributed by atoms with Crippen molar-refractivity contribution in [3.05, 3.63) is 23.7 Å². The number of cyclic esters (lactones) is 2. The van der Waals surface area contributed by atoms with Crippen molar-refractivity contribution in [3.63, 3.8) is 0 Å². The first kappa shape index (κ1) is 37.3. The summed E-state index contributed by atoms with van der Waals surface area (Å²) < 4.78 is 32.0. The van der Waals surface area contributed by atoms with Gasteiger partial charge in [-0.1, -0.05) is 65.7 Å². The molecule has 54 heavy (non-hydrogen) atoms. The molecule has 6 heterocycles. The van der Waals surface area contributed by atoms with Crippen molar-refractivity contribution in [2.75, 3.05) is 19.8 Å². The summed E-state index contributed by atoms with van der Waals surface area (Å²) in [5, 5.41) is 19.4. The van der Waals surface area contributed by atoms with Crippen LogP contribution in [0.15, 0.2) is 16.7 Å². The van der Waals surface area contributed by atoms with Crippen LogP contribution in [-0.4, -0.2) is 78.2 Å². The highest BCUT2D eigenvalue weighted by atomic mass is 16.7. The molecule has 11 nitrogen and oxygen atoms in total. The van der Waals surface area contributed by atoms with Crippen LogP contribution in [0.1, 0.15) is 135 Å². The van der Waals surface area contributed by atoms with Gasteiger partial charge in [0, 0.05) is 47.5 Å².